The van der Waals surface area contributed by atoms with Crippen LogP contribution in [0.2, 0.25) is 5.02 Å². The van der Waals surface area contributed by atoms with Crippen LogP contribution in [0.4, 0.5) is 13.2 Å². The van der Waals surface area contributed by atoms with E-state index in [0.29, 0.717) is 5.56 Å². The summed E-state index contributed by atoms with van der Waals surface area (Å²) >= 11 is 5.75. The zero-order valence-corrected chi connectivity index (χ0v) is 12.0. The van der Waals surface area contributed by atoms with Gasteiger partial charge in [-0.05, 0) is 6.92 Å². The summed E-state index contributed by atoms with van der Waals surface area (Å²) in [6, 6.07) is 8.46. The van der Waals surface area contributed by atoms with E-state index in [1.807, 2.05) is 13.8 Å². The second-order valence-electron chi connectivity index (χ2n) is 3.65. The number of halogens is 4. The predicted molar refractivity (Wildman–Crippen MR) is 73.6 cm³/mol. The van der Waals surface area contributed by atoms with E-state index in [9.17, 15) is 13.2 Å². The van der Waals surface area contributed by atoms with Gasteiger partial charge in [-0.2, -0.15) is 13.2 Å². The van der Waals surface area contributed by atoms with Crippen molar-refractivity contribution in [2.24, 2.45) is 0 Å². The molecule has 2 aromatic rings. The summed E-state index contributed by atoms with van der Waals surface area (Å²) in [4.78, 5) is 7.34. The number of benzene rings is 1. The van der Waals surface area contributed by atoms with Gasteiger partial charge >= 0.3 is 6.18 Å². The summed E-state index contributed by atoms with van der Waals surface area (Å²) < 4.78 is 38.2. The van der Waals surface area contributed by atoms with Crippen molar-refractivity contribution in [2.45, 2.75) is 26.9 Å². The van der Waals surface area contributed by atoms with Gasteiger partial charge in [-0.15, -0.1) is 0 Å². The van der Waals surface area contributed by atoms with Gasteiger partial charge in [-0.25, -0.2) is 9.97 Å². The van der Waals surface area contributed by atoms with Crippen LogP contribution >= 0.6 is 11.6 Å². The fourth-order valence-corrected chi connectivity index (χ4v) is 1.83. The largest absolute Gasteiger partial charge is 0.434 e. The zero-order valence-electron chi connectivity index (χ0n) is 11.3. The summed E-state index contributed by atoms with van der Waals surface area (Å²) in [5.74, 6) is 0.0329. The number of rotatable bonds is 1. The molecule has 0 aliphatic carbocycles. The van der Waals surface area contributed by atoms with Crippen LogP contribution < -0.4 is 0 Å². The Kier molecular flexibility index (Phi) is 5.51. The van der Waals surface area contributed by atoms with E-state index in [2.05, 4.69) is 9.97 Å². The van der Waals surface area contributed by atoms with Crippen LogP contribution in [0.5, 0.6) is 0 Å². The highest BCUT2D eigenvalue weighted by atomic mass is 35.5. The second kappa shape index (κ2) is 6.70. The van der Waals surface area contributed by atoms with Gasteiger partial charge in [0.2, 0.25) is 0 Å². The highest BCUT2D eigenvalue weighted by Crippen LogP contribution is 2.37. The lowest BCUT2D eigenvalue weighted by Gasteiger charge is -2.12. The maximum absolute atomic E-state index is 12.7. The van der Waals surface area contributed by atoms with E-state index in [1.54, 1.807) is 30.3 Å². The Morgan fingerprint density at radius 3 is 2.05 bits per heavy atom. The van der Waals surface area contributed by atoms with Crippen LogP contribution in [-0.2, 0) is 6.18 Å². The molecule has 0 fully saturated rings. The molecule has 0 unspecified atom stereocenters. The van der Waals surface area contributed by atoms with Crippen molar-refractivity contribution in [1.29, 1.82) is 0 Å². The Morgan fingerprint density at radius 1 is 1.00 bits per heavy atom. The average molecular weight is 303 g/mol. The van der Waals surface area contributed by atoms with Gasteiger partial charge in [-0.1, -0.05) is 55.8 Å². The van der Waals surface area contributed by atoms with Crippen molar-refractivity contribution in [3.8, 4) is 11.3 Å². The minimum Gasteiger partial charge on any atom is -0.232 e. The molecule has 0 atom stereocenters. The van der Waals surface area contributed by atoms with Gasteiger partial charge in [0.15, 0.2) is 5.69 Å². The van der Waals surface area contributed by atoms with Crippen molar-refractivity contribution in [3.63, 3.8) is 0 Å². The number of hydrogen-bond donors (Lipinski definition) is 0. The van der Waals surface area contributed by atoms with E-state index < -0.39 is 16.9 Å². The topological polar surface area (TPSA) is 25.8 Å². The quantitative estimate of drug-likeness (QED) is 0.728. The first-order valence-corrected chi connectivity index (χ1v) is 6.44. The lowest BCUT2D eigenvalue weighted by atomic mass is 10.1. The average Bonchev–Trinajstić information content (AvgIpc) is 2.43. The van der Waals surface area contributed by atoms with Crippen molar-refractivity contribution < 1.29 is 13.2 Å². The Balaban J connectivity index is 0.000000956. The monoisotopic (exact) mass is 302 g/mol. The molecule has 0 saturated heterocycles. The summed E-state index contributed by atoms with van der Waals surface area (Å²) in [5, 5.41) is -0.473. The Hall–Kier alpha value is -1.62. The summed E-state index contributed by atoms with van der Waals surface area (Å²) in [5.41, 5.74) is -0.480. The molecule has 0 saturated carbocycles. The minimum absolute atomic E-state index is 0.0329. The third kappa shape index (κ3) is 3.70. The summed E-state index contributed by atoms with van der Waals surface area (Å²) in [7, 11) is 0. The van der Waals surface area contributed by atoms with Crippen LogP contribution in [0.1, 0.15) is 25.4 Å². The Morgan fingerprint density at radius 2 is 1.55 bits per heavy atom. The van der Waals surface area contributed by atoms with Gasteiger partial charge in [0.05, 0.1) is 10.7 Å². The lowest BCUT2D eigenvalue weighted by molar-refractivity contribution is -0.141. The van der Waals surface area contributed by atoms with Crippen LogP contribution in [0.3, 0.4) is 0 Å². The highest BCUT2D eigenvalue weighted by Gasteiger charge is 2.37. The van der Waals surface area contributed by atoms with Crippen molar-refractivity contribution >= 4 is 11.6 Å². The van der Waals surface area contributed by atoms with E-state index in [4.69, 9.17) is 11.6 Å². The standard InChI is InChI=1S/C12H8ClF3N2.C2H6/c1-7-17-10(8-5-3-2-4-6-8)9(13)11(18-7)12(14,15)16;1-2/h2-6H,1H3;1-2H3. The molecule has 0 radical (unpaired) electrons. The molecule has 0 N–H and O–H groups in total. The summed E-state index contributed by atoms with van der Waals surface area (Å²) in [6.45, 7) is 5.40. The van der Waals surface area contributed by atoms with Crippen LogP contribution in [-0.4, -0.2) is 9.97 Å². The molecule has 0 bridgehead atoms. The molecule has 108 valence electrons. The van der Waals surface area contributed by atoms with Gasteiger partial charge in [0.1, 0.15) is 5.82 Å². The molecule has 6 heteroatoms. The third-order valence-electron chi connectivity index (χ3n) is 2.28. The molecule has 2 nitrogen and oxygen atoms in total. The van der Waals surface area contributed by atoms with Gasteiger partial charge in [0.25, 0.3) is 0 Å². The molecular weight excluding hydrogens is 289 g/mol. The molecule has 20 heavy (non-hydrogen) atoms. The fraction of sp³-hybridized carbons (Fsp3) is 0.286. The molecule has 1 heterocycles. The maximum atomic E-state index is 12.7. The van der Waals surface area contributed by atoms with E-state index >= 15 is 0 Å². The zero-order chi connectivity index (χ0) is 15.3. The number of aryl methyl sites for hydroxylation is 1. The van der Waals surface area contributed by atoms with Crippen molar-refractivity contribution in [3.05, 3.63) is 46.9 Å². The normalized spacial score (nSPS) is 10.8. The molecule has 1 aromatic carbocycles. The molecule has 0 spiro atoms. The lowest BCUT2D eigenvalue weighted by Crippen LogP contribution is -2.12. The smallest absolute Gasteiger partial charge is 0.232 e. The molecule has 0 aliphatic heterocycles. The van der Waals surface area contributed by atoms with E-state index in [0.717, 1.165) is 0 Å². The third-order valence-corrected chi connectivity index (χ3v) is 2.64. The van der Waals surface area contributed by atoms with Crippen molar-refractivity contribution in [2.75, 3.05) is 0 Å². The van der Waals surface area contributed by atoms with E-state index in [1.165, 1.54) is 6.92 Å². The van der Waals surface area contributed by atoms with Crippen LogP contribution in [0.25, 0.3) is 11.3 Å². The first-order valence-electron chi connectivity index (χ1n) is 6.06. The SMILES string of the molecule is CC.Cc1nc(-c2ccccc2)c(Cl)c(C(F)(F)F)n1. The second-order valence-corrected chi connectivity index (χ2v) is 4.02. The fourth-order valence-electron chi connectivity index (χ4n) is 1.53. The molecule has 2 rings (SSSR count). The van der Waals surface area contributed by atoms with Crippen LogP contribution in [0, 0.1) is 6.92 Å². The van der Waals surface area contributed by atoms with Crippen LogP contribution in [0.15, 0.2) is 30.3 Å². The number of aromatic nitrogens is 2. The molecular formula is C14H14ClF3N2. The first-order chi connectivity index (χ1) is 9.39. The minimum atomic E-state index is -4.59. The predicted octanol–water partition coefficient (Wildman–Crippen LogP) is 5.15. The van der Waals surface area contributed by atoms with E-state index in [-0.39, 0.29) is 11.5 Å². The number of nitrogens with zero attached hydrogens (tertiary/aromatic N) is 2. The maximum Gasteiger partial charge on any atom is 0.434 e. The Labute approximate surface area is 120 Å². The van der Waals surface area contributed by atoms with Gasteiger partial charge in [0, 0.05) is 5.56 Å². The number of hydrogen-bond acceptors (Lipinski definition) is 2. The van der Waals surface area contributed by atoms with Gasteiger partial charge in [-0.3, -0.25) is 0 Å². The first kappa shape index (κ1) is 16.4. The van der Waals surface area contributed by atoms with Gasteiger partial charge < -0.3 is 0 Å². The van der Waals surface area contributed by atoms with Crippen molar-refractivity contribution in [1.82, 2.24) is 9.97 Å². The molecule has 0 amide bonds. The number of alkyl halides is 3. The Bertz CT molecular complexity index is 569. The molecule has 1 aromatic heterocycles. The summed E-state index contributed by atoms with van der Waals surface area (Å²) in [6.07, 6.45) is -4.59. The molecule has 0 aliphatic rings. The highest BCUT2D eigenvalue weighted by molar-refractivity contribution is 6.33.